The van der Waals surface area contributed by atoms with Gasteiger partial charge in [0.2, 0.25) is 0 Å². The fourth-order valence-electron chi connectivity index (χ4n) is 6.23. The van der Waals surface area contributed by atoms with Crippen LogP contribution in [0, 0.1) is 0 Å². The minimum atomic E-state index is -0.682. The van der Waals surface area contributed by atoms with Crippen molar-refractivity contribution in [3.8, 4) is 44.6 Å². The zero-order chi connectivity index (χ0) is 50.9. The van der Waals surface area contributed by atoms with E-state index in [2.05, 4.69) is 9.97 Å². The number of furan rings is 3. The molecule has 0 aliphatic rings. The molecule has 0 aliphatic carbocycles. The van der Waals surface area contributed by atoms with Crippen LogP contribution in [0.2, 0.25) is 0 Å². The van der Waals surface area contributed by atoms with E-state index < -0.39 is 109 Å². The average Bonchev–Trinajstić information content (AvgIpc) is 4.05. The Bertz CT molecular complexity index is 4310. The van der Waals surface area contributed by atoms with E-state index in [0.29, 0.717) is 0 Å². The van der Waals surface area contributed by atoms with E-state index in [0.717, 1.165) is 18.5 Å². The predicted octanol–water partition coefficient (Wildman–Crippen LogP) is 12.8. The number of nitrogens with zero attached hydrogens (tertiary/aromatic N) is 2. The van der Waals surface area contributed by atoms with Crippen LogP contribution in [0.4, 0.5) is 0 Å². The van der Waals surface area contributed by atoms with Crippen LogP contribution in [0.1, 0.15) is 27.4 Å². The summed E-state index contributed by atoms with van der Waals surface area (Å²) in [6.07, 6.45) is 1.12. The summed E-state index contributed by atoms with van der Waals surface area (Å²) in [5.41, 5.74) is -2.64. The Kier molecular flexibility index (Phi) is 3.14. The molecule has 0 bridgehead atoms. The third-order valence-corrected chi connectivity index (χ3v) is 8.51. The SMILES string of the molecule is [2H]c1cc([2H])c(-c2c([2H])c([2H])c([2H])c3c2oc2c([2H])c([2H])c([2H])c([2H])c23)c([2H])c1-c1ccc2oc3c(-c4c([2H])cc([2H])c(-c5c([2H])c([2H])c([2H])c6c5oc5c([2H])c([2H])c([2H])c([2H])c56)c4[2H])ncnc3c2c1. The summed E-state index contributed by atoms with van der Waals surface area (Å²) in [5, 5.41) is -0.611. The maximum absolute atomic E-state index is 9.52. The zero-order valence-corrected chi connectivity index (χ0v) is 25.6. The molecule has 7 aromatic carbocycles. The molecule has 0 unspecified atom stereocenters. The van der Waals surface area contributed by atoms with Gasteiger partial charge in [0.25, 0.3) is 0 Å². The molecular formula is C46H26N2O3. The normalized spacial score (nSPS) is 17.4. The van der Waals surface area contributed by atoms with Crippen molar-refractivity contribution in [3.05, 3.63) is 158 Å². The summed E-state index contributed by atoms with van der Waals surface area (Å²) in [7, 11) is 0. The molecule has 5 heteroatoms. The number of benzene rings is 7. The van der Waals surface area contributed by atoms with E-state index >= 15 is 0 Å². The molecule has 4 aromatic heterocycles. The van der Waals surface area contributed by atoms with E-state index in [1.165, 1.54) is 18.2 Å². The predicted molar refractivity (Wildman–Crippen MR) is 206 cm³/mol. The molecule has 0 radical (unpaired) electrons. The van der Waals surface area contributed by atoms with Crippen molar-refractivity contribution in [2.45, 2.75) is 0 Å². The van der Waals surface area contributed by atoms with Crippen LogP contribution in [0.5, 0.6) is 0 Å². The van der Waals surface area contributed by atoms with Gasteiger partial charge < -0.3 is 13.3 Å². The lowest BCUT2D eigenvalue weighted by Gasteiger charge is -2.07. The van der Waals surface area contributed by atoms with Crippen LogP contribution < -0.4 is 0 Å². The highest BCUT2D eigenvalue weighted by atomic mass is 16.3. The minimum absolute atomic E-state index is 0.0604. The summed E-state index contributed by atoms with van der Waals surface area (Å²) in [6, 6.07) is -4.48. The molecule has 0 saturated heterocycles. The van der Waals surface area contributed by atoms with Crippen molar-refractivity contribution in [3.63, 3.8) is 0 Å². The van der Waals surface area contributed by atoms with Crippen LogP contribution in [-0.4, -0.2) is 9.97 Å². The summed E-state index contributed by atoms with van der Waals surface area (Å²) in [5.74, 6) is 0. The number of para-hydroxylation sites is 4. The first-order chi connectivity index (χ1) is 33.6. The van der Waals surface area contributed by atoms with Gasteiger partial charge in [-0.25, -0.2) is 9.97 Å². The molecule has 0 saturated carbocycles. The van der Waals surface area contributed by atoms with Gasteiger partial charge in [0.1, 0.15) is 45.5 Å². The lowest BCUT2D eigenvalue weighted by Crippen LogP contribution is -1.88. The molecule has 51 heavy (non-hydrogen) atoms. The lowest BCUT2D eigenvalue weighted by molar-refractivity contribution is 0.667. The third kappa shape index (κ3) is 4.28. The first kappa shape index (κ1) is 14.9. The Morgan fingerprint density at radius 2 is 1.00 bits per heavy atom. The minimum Gasteiger partial charge on any atom is -0.455 e. The van der Waals surface area contributed by atoms with E-state index in [-0.39, 0.29) is 123 Å². The van der Waals surface area contributed by atoms with E-state index in [4.69, 9.17) is 37.9 Å². The van der Waals surface area contributed by atoms with Gasteiger partial charge in [0, 0.05) is 43.6 Å². The summed E-state index contributed by atoms with van der Waals surface area (Å²) in [6.45, 7) is 0. The monoisotopic (exact) mass is 674 g/mol. The first-order valence-corrected chi connectivity index (χ1v) is 15.3. The highest BCUT2D eigenvalue weighted by Gasteiger charge is 2.18. The first-order valence-electron chi connectivity index (χ1n) is 25.3. The molecule has 11 rings (SSSR count). The van der Waals surface area contributed by atoms with Crippen LogP contribution in [0.25, 0.3) is 111 Å². The van der Waals surface area contributed by atoms with Crippen LogP contribution in [0.3, 0.4) is 0 Å². The average molecular weight is 675 g/mol. The van der Waals surface area contributed by atoms with Gasteiger partial charge in [0.15, 0.2) is 5.58 Å². The molecule has 0 atom stereocenters. The second kappa shape index (κ2) is 10.8. The fourth-order valence-corrected chi connectivity index (χ4v) is 6.23. The van der Waals surface area contributed by atoms with E-state index in [1.54, 1.807) is 0 Å². The van der Waals surface area contributed by atoms with Gasteiger partial charge >= 0.3 is 0 Å². The number of aromatic nitrogens is 2. The Balaban J connectivity index is 1.11. The van der Waals surface area contributed by atoms with Gasteiger partial charge in [-0.1, -0.05) is 115 Å². The van der Waals surface area contributed by atoms with Crippen molar-refractivity contribution in [1.82, 2.24) is 9.97 Å². The largest absolute Gasteiger partial charge is 0.455 e. The fraction of sp³-hybridized carbons (Fsp3) is 0. The molecule has 0 fully saturated rings. The molecule has 0 amide bonds. The maximum Gasteiger partial charge on any atom is 0.180 e. The van der Waals surface area contributed by atoms with Gasteiger partial charge in [-0.2, -0.15) is 0 Å². The molecule has 238 valence electrons. The van der Waals surface area contributed by atoms with E-state index in [9.17, 15) is 2.74 Å². The van der Waals surface area contributed by atoms with Gasteiger partial charge in [-0.05, 0) is 58.6 Å². The summed E-state index contributed by atoms with van der Waals surface area (Å²) < 4.78 is 193. The third-order valence-electron chi connectivity index (χ3n) is 8.51. The Labute approximate surface area is 319 Å². The van der Waals surface area contributed by atoms with Gasteiger partial charge in [-0.3, -0.25) is 0 Å². The zero-order valence-electron chi connectivity index (χ0n) is 45.6. The smallest absolute Gasteiger partial charge is 0.180 e. The Hall–Kier alpha value is -6.98. The van der Waals surface area contributed by atoms with Crippen molar-refractivity contribution >= 4 is 65.9 Å². The lowest BCUT2D eigenvalue weighted by atomic mass is 9.97. The maximum atomic E-state index is 9.52. The second-order valence-corrected chi connectivity index (χ2v) is 11.3. The Morgan fingerprint density at radius 1 is 0.431 bits per heavy atom. The summed E-state index contributed by atoms with van der Waals surface area (Å²) in [4.78, 5) is 8.82. The van der Waals surface area contributed by atoms with Crippen LogP contribution in [0.15, 0.2) is 171 Å². The Morgan fingerprint density at radius 3 is 1.69 bits per heavy atom. The van der Waals surface area contributed by atoms with Crippen LogP contribution in [-0.2, 0) is 0 Å². The molecular weight excluding hydrogens is 629 g/mol. The molecule has 0 N–H and O–H groups in total. The highest BCUT2D eigenvalue weighted by Crippen LogP contribution is 2.41. The molecule has 0 aliphatic heterocycles. The van der Waals surface area contributed by atoms with Crippen molar-refractivity contribution in [1.29, 1.82) is 0 Å². The van der Waals surface area contributed by atoms with Crippen LogP contribution >= 0.6 is 0 Å². The number of rotatable bonds is 4. The molecule has 5 nitrogen and oxygen atoms in total. The molecule has 0 spiro atoms. The number of hydrogen-bond donors (Lipinski definition) is 0. The second-order valence-electron chi connectivity index (χ2n) is 11.3. The van der Waals surface area contributed by atoms with Crippen molar-refractivity contribution in [2.24, 2.45) is 0 Å². The quantitative estimate of drug-likeness (QED) is 0.186. The number of hydrogen-bond acceptors (Lipinski definition) is 5. The van der Waals surface area contributed by atoms with E-state index in [1.807, 2.05) is 0 Å². The van der Waals surface area contributed by atoms with Gasteiger partial charge in [0.05, 0.1) is 27.4 Å². The van der Waals surface area contributed by atoms with Gasteiger partial charge in [-0.15, -0.1) is 0 Å². The topological polar surface area (TPSA) is 65.2 Å². The van der Waals surface area contributed by atoms with Crippen molar-refractivity contribution < 1.29 is 40.7 Å². The van der Waals surface area contributed by atoms with Crippen molar-refractivity contribution in [2.75, 3.05) is 0 Å². The molecule has 11 aromatic rings. The molecule has 4 heterocycles. The number of fused-ring (bicyclic) bond motifs is 9. The summed E-state index contributed by atoms with van der Waals surface area (Å²) >= 11 is 0. The highest BCUT2D eigenvalue weighted by molar-refractivity contribution is 6.11. The standard InChI is InChI=1S/C46H26N2O3/c1-3-19-39-34(13-1)36-17-7-15-32(44(36)49-39)29-10-5-9-27(23-29)28-21-22-41-38(25-28)43-46(51-41)42(47-26-48-43)31-12-6-11-30(24-31)33-16-8-18-37-35-14-2-4-20-40(35)50-45(33)37/h1-26H/i1D,2D,3D,4D,7D,8D,9D,10D,11D,12D,13D,14D,15D,16D,17D,18D,19D,20D,23D,24D.